The van der Waals surface area contributed by atoms with Crippen molar-refractivity contribution >= 4 is 0 Å². The van der Waals surface area contributed by atoms with Gasteiger partial charge in [0.1, 0.15) is 0 Å². The number of piperidine rings is 1. The molecule has 0 aromatic carbocycles. The van der Waals surface area contributed by atoms with Gasteiger partial charge in [0.15, 0.2) is 0 Å². The predicted molar refractivity (Wildman–Crippen MR) is 98.8 cm³/mol. The first-order valence-corrected chi connectivity index (χ1v) is 9.71. The molecule has 0 aromatic rings. The molecule has 3 nitrogen and oxygen atoms in total. The van der Waals surface area contributed by atoms with Crippen molar-refractivity contribution in [2.24, 2.45) is 10.8 Å². The molecule has 1 unspecified atom stereocenters. The van der Waals surface area contributed by atoms with Gasteiger partial charge in [-0.05, 0) is 52.5 Å². The van der Waals surface area contributed by atoms with Crippen LogP contribution in [0, 0.1) is 10.8 Å². The summed E-state index contributed by atoms with van der Waals surface area (Å²) in [5.74, 6) is 0. The Morgan fingerprint density at radius 2 is 1.57 bits per heavy atom. The Kier molecular flexibility index (Phi) is 4.39. The van der Waals surface area contributed by atoms with E-state index in [1.165, 1.54) is 52.1 Å². The molecule has 134 valence electrons. The molecule has 3 saturated heterocycles. The molecule has 3 heteroatoms. The number of rotatable bonds is 2. The van der Waals surface area contributed by atoms with E-state index in [-0.39, 0.29) is 0 Å². The van der Waals surface area contributed by atoms with E-state index in [9.17, 15) is 0 Å². The molecule has 2 atom stereocenters. The summed E-state index contributed by atoms with van der Waals surface area (Å²) in [4.78, 5) is 8.17. The van der Waals surface area contributed by atoms with Crippen LogP contribution in [0.25, 0.3) is 0 Å². The van der Waals surface area contributed by atoms with E-state index in [1.54, 1.807) is 0 Å². The summed E-state index contributed by atoms with van der Waals surface area (Å²) in [6.07, 6.45) is 2.74. The van der Waals surface area contributed by atoms with E-state index in [4.69, 9.17) is 0 Å². The van der Waals surface area contributed by atoms with Crippen molar-refractivity contribution in [2.45, 2.75) is 78.9 Å². The monoisotopic (exact) mass is 321 g/mol. The van der Waals surface area contributed by atoms with Crippen molar-refractivity contribution in [3.63, 3.8) is 0 Å². The minimum Gasteiger partial charge on any atom is -0.300 e. The van der Waals surface area contributed by atoms with E-state index in [2.05, 4.69) is 63.2 Å². The highest BCUT2D eigenvalue weighted by Gasteiger charge is 2.55. The summed E-state index contributed by atoms with van der Waals surface area (Å²) in [5.41, 5.74) is 1.43. The topological polar surface area (TPSA) is 9.72 Å². The third-order valence-corrected chi connectivity index (χ3v) is 6.26. The largest absolute Gasteiger partial charge is 0.300 e. The Morgan fingerprint density at radius 3 is 2.04 bits per heavy atom. The van der Waals surface area contributed by atoms with E-state index in [0.29, 0.717) is 16.4 Å². The van der Waals surface area contributed by atoms with Crippen molar-refractivity contribution in [2.75, 3.05) is 39.3 Å². The number of nitrogens with zero attached hydrogens (tertiary/aromatic N) is 3. The van der Waals surface area contributed by atoms with Crippen molar-refractivity contribution in [1.82, 2.24) is 14.7 Å². The molecule has 3 fully saturated rings. The fraction of sp³-hybridized carbons (Fsp3) is 1.00. The molecule has 0 amide bonds. The van der Waals surface area contributed by atoms with Crippen LogP contribution in [0.1, 0.15) is 61.3 Å². The second-order valence-electron chi connectivity index (χ2n) is 11.0. The van der Waals surface area contributed by atoms with E-state index < -0.39 is 0 Å². The first-order valence-electron chi connectivity index (χ1n) is 9.71. The van der Waals surface area contributed by atoms with E-state index in [1.807, 2.05) is 0 Å². The Labute approximate surface area is 144 Å². The number of likely N-dealkylation sites (tertiary alicyclic amines) is 3. The molecule has 0 aliphatic carbocycles. The van der Waals surface area contributed by atoms with Gasteiger partial charge >= 0.3 is 0 Å². The van der Waals surface area contributed by atoms with Crippen LogP contribution in [0.3, 0.4) is 0 Å². The number of hydrogen-bond donors (Lipinski definition) is 0. The zero-order chi connectivity index (χ0) is 17.0. The Balaban J connectivity index is 1.44. The molecule has 3 aliphatic heterocycles. The molecule has 3 rings (SSSR count). The molecule has 3 aliphatic rings. The van der Waals surface area contributed by atoms with Gasteiger partial charge in [0.05, 0.1) is 0 Å². The zero-order valence-electron chi connectivity index (χ0n) is 16.7. The smallest absolute Gasteiger partial charge is 0.0212 e. The van der Waals surface area contributed by atoms with Crippen LogP contribution in [0.4, 0.5) is 0 Å². The van der Waals surface area contributed by atoms with Crippen LogP contribution in [-0.4, -0.2) is 71.6 Å². The summed E-state index contributed by atoms with van der Waals surface area (Å²) in [5, 5.41) is 0. The standard InChI is InChI=1S/C20H39N3/c1-16-10-17(8-9-21(16)11-18(2,3)4)22-12-20(13-22)14-23(15-20)19(5,6)7/h16-17H,8-15H2,1-7H3/t16-,17?/m0/s1. The molecule has 0 saturated carbocycles. The van der Waals surface area contributed by atoms with Crippen LogP contribution in [0.15, 0.2) is 0 Å². The van der Waals surface area contributed by atoms with Gasteiger partial charge < -0.3 is 4.90 Å². The maximum absolute atomic E-state index is 2.80. The van der Waals surface area contributed by atoms with Gasteiger partial charge in [0, 0.05) is 55.8 Å². The summed E-state index contributed by atoms with van der Waals surface area (Å²) in [6, 6.07) is 1.59. The Bertz CT molecular complexity index is 417. The highest BCUT2D eigenvalue weighted by Crippen LogP contribution is 2.44. The molecule has 0 aromatic heterocycles. The minimum atomic E-state index is 0.360. The molecule has 23 heavy (non-hydrogen) atoms. The third-order valence-electron chi connectivity index (χ3n) is 6.26. The lowest BCUT2D eigenvalue weighted by atomic mass is 9.69. The average Bonchev–Trinajstić information content (AvgIpc) is 2.25. The normalized spacial score (nSPS) is 33.5. The van der Waals surface area contributed by atoms with Crippen molar-refractivity contribution in [3.8, 4) is 0 Å². The van der Waals surface area contributed by atoms with Gasteiger partial charge in [-0.3, -0.25) is 9.80 Å². The second kappa shape index (κ2) is 5.71. The molecule has 1 spiro atoms. The van der Waals surface area contributed by atoms with Crippen LogP contribution >= 0.6 is 0 Å². The summed E-state index contributed by atoms with van der Waals surface area (Å²) < 4.78 is 0. The first kappa shape index (κ1) is 17.7. The Hall–Kier alpha value is -0.120. The van der Waals surface area contributed by atoms with Gasteiger partial charge in [-0.15, -0.1) is 0 Å². The van der Waals surface area contributed by atoms with Gasteiger partial charge in [-0.1, -0.05) is 20.8 Å². The maximum atomic E-state index is 2.80. The molecular weight excluding hydrogens is 282 g/mol. The SMILES string of the molecule is C[C@H]1CC(N2CC3(C2)CN(C(C)(C)C)C3)CCN1CC(C)(C)C. The van der Waals surface area contributed by atoms with Gasteiger partial charge in [-0.2, -0.15) is 0 Å². The average molecular weight is 322 g/mol. The fourth-order valence-corrected chi connectivity index (χ4v) is 4.88. The molecule has 0 N–H and O–H groups in total. The maximum Gasteiger partial charge on any atom is 0.0212 e. The van der Waals surface area contributed by atoms with E-state index in [0.717, 1.165) is 12.1 Å². The molecule has 0 bridgehead atoms. The highest BCUT2D eigenvalue weighted by atomic mass is 15.4. The van der Waals surface area contributed by atoms with Crippen molar-refractivity contribution < 1.29 is 0 Å². The van der Waals surface area contributed by atoms with Gasteiger partial charge in [0.2, 0.25) is 0 Å². The highest BCUT2D eigenvalue weighted by molar-refractivity contribution is 5.09. The predicted octanol–water partition coefficient (Wildman–Crippen LogP) is 3.30. The molecule has 3 heterocycles. The fourth-order valence-electron chi connectivity index (χ4n) is 4.88. The molecule has 0 radical (unpaired) electrons. The lowest BCUT2D eigenvalue weighted by molar-refractivity contribution is -0.162. The van der Waals surface area contributed by atoms with Crippen molar-refractivity contribution in [3.05, 3.63) is 0 Å². The van der Waals surface area contributed by atoms with Crippen LogP contribution < -0.4 is 0 Å². The van der Waals surface area contributed by atoms with E-state index >= 15 is 0 Å². The van der Waals surface area contributed by atoms with Crippen molar-refractivity contribution in [1.29, 1.82) is 0 Å². The second-order valence-corrected chi connectivity index (χ2v) is 11.0. The van der Waals surface area contributed by atoms with Crippen LogP contribution in [0.5, 0.6) is 0 Å². The zero-order valence-corrected chi connectivity index (χ0v) is 16.7. The van der Waals surface area contributed by atoms with Gasteiger partial charge in [0.25, 0.3) is 0 Å². The summed E-state index contributed by atoms with van der Waals surface area (Å²) in [7, 11) is 0. The van der Waals surface area contributed by atoms with Gasteiger partial charge in [-0.25, -0.2) is 0 Å². The lowest BCUT2D eigenvalue weighted by Gasteiger charge is -2.65. The minimum absolute atomic E-state index is 0.360. The first-order chi connectivity index (χ1) is 10.5. The third kappa shape index (κ3) is 3.77. The van der Waals surface area contributed by atoms with Crippen LogP contribution in [0.2, 0.25) is 0 Å². The summed E-state index contributed by atoms with van der Waals surface area (Å²) >= 11 is 0. The number of hydrogen-bond acceptors (Lipinski definition) is 3. The summed E-state index contributed by atoms with van der Waals surface area (Å²) in [6.45, 7) is 24.5. The quantitative estimate of drug-likeness (QED) is 0.772. The Morgan fingerprint density at radius 1 is 0.957 bits per heavy atom. The molecular formula is C20H39N3. The van der Waals surface area contributed by atoms with Crippen LogP contribution in [-0.2, 0) is 0 Å². The lowest BCUT2D eigenvalue weighted by Crippen LogP contribution is -2.76.